The van der Waals surface area contributed by atoms with Gasteiger partial charge in [0.15, 0.2) is 0 Å². The number of nitrogens with two attached hydrogens (primary N) is 1. The molecule has 0 aliphatic heterocycles. The number of phenolic OH excluding ortho intramolecular Hbond substituents is 2. The zero-order valence-electron chi connectivity index (χ0n) is 7.60. The lowest BCUT2D eigenvalue weighted by Crippen LogP contribution is -2.22. The molecule has 1 aromatic rings. The predicted octanol–water partition coefficient (Wildman–Crippen LogP) is 0.271. The molecule has 0 aromatic heterocycles. The first-order chi connectivity index (χ1) is 6.56. The first kappa shape index (κ1) is 10.3. The van der Waals surface area contributed by atoms with E-state index in [-0.39, 0.29) is 17.1 Å². The molecule has 76 valence electrons. The molecule has 0 heterocycles. The van der Waals surface area contributed by atoms with Crippen molar-refractivity contribution in [2.45, 2.75) is 6.04 Å². The fraction of sp³-hybridized carbons (Fsp3) is 0.222. The Bertz CT molecular complexity index is 351. The van der Waals surface area contributed by atoms with Crippen LogP contribution in [0.15, 0.2) is 18.2 Å². The third-order valence-corrected chi connectivity index (χ3v) is 1.80. The number of hydrogen-bond acceptors (Lipinski definition) is 5. The molecule has 0 saturated carbocycles. The quantitative estimate of drug-likeness (QED) is 0.467. The highest BCUT2D eigenvalue weighted by Crippen LogP contribution is 2.27. The summed E-state index contributed by atoms with van der Waals surface area (Å²) in [5.41, 5.74) is 5.61. The van der Waals surface area contributed by atoms with E-state index in [1.165, 1.54) is 25.3 Å². The van der Waals surface area contributed by atoms with Crippen molar-refractivity contribution in [2.75, 3.05) is 7.11 Å². The maximum absolute atomic E-state index is 11.0. The first-order valence-electron chi connectivity index (χ1n) is 3.91. The average Bonchev–Trinajstić information content (AvgIpc) is 2.19. The van der Waals surface area contributed by atoms with Crippen molar-refractivity contribution in [3.63, 3.8) is 0 Å². The van der Waals surface area contributed by atoms with E-state index in [1.54, 1.807) is 0 Å². The molecule has 0 aliphatic rings. The summed E-state index contributed by atoms with van der Waals surface area (Å²) in [4.78, 5) is 11.0. The third kappa shape index (κ3) is 1.94. The number of ether oxygens (including phenoxy) is 1. The Labute approximate surface area is 80.7 Å². The zero-order valence-corrected chi connectivity index (χ0v) is 7.60. The van der Waals surface area contributed by atoms with Crippen molar-refractivity contribution in [3.05, 3.63) is 23.8 Å². The molecule has 0 fully saturated rings. The minimum atomic E-state index is -1.09. The molecule has 1 rings (SSSR count). The Hall–Kier alpha value is -1.75. The molecule has 0 unspecified atom stereocenters. The summed E-state index contributed by atoms with van der Waals surface area (Å²) in [6.07, 6.45) is 0. The van der Waals surface area contributed by atoms with Crippen LogP contribution < -0.4 is 5.73 Å². The lowest BCUT2D eigenvalue weighted by Gasteiger charge is -2.11. The highest BCUT2D eigenvalue weighted by Gasteiger charge is 2.19. The molecule has 0 amide bonds. The molecule has 5 heteroatoms. The van der Waals surface area contributed by atoms with Crippen LogP contribution in [-0.2, 0) is 9.53 Å². The van der Waals surface area contributed by atoms with Crippen LogP contribution in [0.1, 0.15) is 11.6 Å². The van der Waals surface area contributed by atoms with E-state index >= 15 is 0 Å². The van der Waals surface area contributed by atoms with E-state index in [1.807, 2.05) is 0 Å². The van der Waals surface area contributed by atoms with Crippen LogP contribution in [0.2, 0.25) is 0 Å². The largest absolute Gasteiger partial charge is 0.508 e. The van der Waals surface area contributed by atoms with Gasteiger partial charge in [-0.3, -0.25) is 4.79 Å². The van der Waals surface area contributed by atoms with Gasteiger partial charge in [-0.2, -0.15) is 0 Å². The minimum absolute atomic E-state index is 0.0721. The third-order valence-electron chi connectivity index (χ3n) is 1.80. The molecular weight excluding hydrogens is 186 g/mol. The molecule has 4 N–H and O–H groups in total. The van der Waals surface area contributed by atoms with Crippen LogP contribution in [0.4, 0.5) is 0 Å². The van der Waals surface area contributed by atoms with Gasteiger partial charge < -0.3 is 20.7 Å². The first-order valence-corrected chi connectivity index (χ1v) is 3.91. The number of carbonyl (C=O) groups is 1. The number of carbonyl (C=O) groups excluding carboxylic acids is 1. The summed E-state index contributed by atoms with van der Waals surface area (Å²) in [6, 6.07) is 2.68. The van der Waals surface area contributed by atoms with Gasteiger partial charge in [-0.05, 0) is 18.2 Å². The molecular formula is C9H11NO4. The summed E-state index contributed by atoms with van der Waals surface area (Å²) in [5, 5.41) is 18.5. The Morgan fingerprint density at radius 3 is 2.71 bits per heavy atom. The number of benzene rings is 1. The summed E-state index contributed by atoms with van der Waals surface area (Å²) in [5.74, 6) is -0.899. The Morgan fingerprint density at radius 2 is 2.14 bits per heavy atom. The summed E-state index contributed by atoms with van der Waals surface area (Å²) < 4.78 is 4.40. The molecule has 0 spiro atoms. The predicted molar refractivity (Wildman–Crippen MR) is 48.7 cm³/mol. The van der Waals surface area contributed by atoms with Gasteiger partial charge in [0, 0.05) is 5.56 Å². The van der Waals surface area contributed by atoms with Crippen LogP contribution in [0.5, 0.6) is 11.5 Å². The van der Waals surface area contributed by atoms with E-state index in [0.717, 1.165) is 0 Å². The van der Waals surface area contributed by atoms with Crippen molar-refractivity contribution in [3.8, 4) is 11.5 Å². The maximum Gasteiger partial charge on any atom is 0.327 e. The van der Waals surface area contributed by atoms with Crippen LogP contribution in [0.3, 0.4) is 0 Å². The molecule has 5 nitrogen and oxygen atoms in total. The Morgan fingerprint density at radius 1 is 1.50 bits per heavy atom. The summed E-state index contributed by atoms with van der Waals surface area (Å²) >= 11 is 0. The van der Waals surface area contributed by atoms with E-state index in [0.29, 0.717) is 0 Å². The van der Waals surface area contributed by atoms with Gasteiger partial charge in [0.1, 0.15) is 17.5 Å². The van der Waals surface area contributed by atoms with E-state index in [9.17, 15) is 9.90 Å². The summed E-state index contributed by atoms with van der Waals surface area (Å²) in [6.45, 7) is 0. The van der Waals surface area contributed by atoms with E-state index in [2.05, 4.69) is 4.74 Å². The van der Waals surface area contributed by atoms with Crippen LogP contribution >= 0.6 is 0 Å². The molecule has 14 heavy (non-hydrogen) atoms. The van der Waals surface area contributed by atoms with Crippen molar-refractivity contribution >= 4 is 5.97 Å². The van der Waals surface area contributed by atoms with Gasteiger partial charge in [0.2, 0.25) is 0 Å². The van der Waals surface area contributed by atoms with Gasteiger partial charge in [-0.25, -0.2) is 0 Å². The monoisotopic (exact) mass is 197 g/mol. The molecule has 0 aliphatic carbocycles. The van der Waals surface area contributed by atoms with E-state index < -0.39 is 12.0 Å². The molecule has 0 saturated heterocycles. The van der Waals surface area contributed by atoms with Gasteiger partial charge >= 0.3 is 5.97 Å². The zero-order chi connectivity index (χ0) is 10.7. The van der Waals surface area contributed by atoms with Crippen molar-refractivity contribution in [1.82, 2.24) is 0 Å². The van der Waals surface area contributed by atoms with Gasteiger partial charge in [0.05, 0.1) is 7.11 Å². The van der Waals surface area contributed by atoms with Crippen molar-refractivity contribution < 1.29 is 19.7 Å². The highest BCUT2D eigenvalue weighted by molar-refractivity contribution is 5.78. The lowest BCUT2D eigenvalue weighted by molar-refractivity contribution is -0.142. The standard InChI is InChI=1S/C9H11NO4/c1-14-9(13)8(10)6-4-5(11)2-3-7(6)12/h2-4,8,11-12H,10H2,1H3/t8-/m0/s1. The van der Waals surface area contributed by atoms with Crippen LogP contribution in [-0.4, -0.2) is 23.3 Å². The highest BCUT2D eigenvalue weighted by atomic mass is 16.5. The smallest absolute Gasteiger partial charge is 0.327 e. The average molecular weight is 197 g/mol. The molecule has 1 atom stereocenters. The number of hydrogen-bond donors (Lipinski definition) is 3. The van der Waals surface area contributed by atoms with Gasteiger partial charge in [0.25, 0.3) is 0 Å². The normalized spacial score (nSPS) is 12.1. The van der Waals surface area contributed by atoms with Crippen molar-refractivity contribution in [2.24, 2.45) is 5.73 Å². The molecule has 1 aromatic carbocycles. The SMILES string of the molecule is COC(=O)[C@@H](N)c1cc(O)ccc1O. The van der Waals surface area contributed by atoms with Crippen LogP contribution in [0, 0.1) is 0 Å². The van der Waals surface area contributed by atoms with Gasteiger partial charge in [-0.1, -0.05) is 0 Å². The Kier molecular flexibility index (Phi) is 2.93. The Balaban J connectivity index is 3.05. The fourth-order valence-electron chi connectivity index (χ4n) is 1.04. The lowest BCUT2D eigenvalue weighted by atomic mass is 10.1. The second kappa shape index (κ2) is 3.97. The number of phenols is 2. The topological polar surface area (TPSA) is 92.8 Å². The number of esters is 1. The van der Waals surface area contributed by atoms with E-state index in [4.69, 9.17) is 10.8 Å². The fourth-order valence-corrected chi connectivity index (χ4v) is 1.04. The number of rotatable bonds is 2. The maximum atomic E-state index is 11.0. The van der Waals surface area contributed by atoms with Crippen molar-refractivity contribution in [1.29, 1.82) is 0 Å². The van der Waals surface area contributed by atoms with Crippen LogP contribution in [0.25, 0.3) is 0 Å². The molecule has 0 radical (unpaired) electrons. The number of aromatic hydroxyl groups is 2. The minimum Gasteiger partial charge on any atom is -0.508 e. The second-order valence-electron chi connectivity index (χ2n) is 2.74. The molecule has 0 bridgehead atoms. The second-order valence-corrected chi connectivity index (χ2v) is 2.74. The van der Waals surface area contributed by atoms with Gasteiger partial charge in [-0.15, -0.1) is 0 Å². The number of methoxy groups -OCH3 is 1. The summed E-state index contributed by atoms with van der Waals surface area (Å²) in [7, 11) is 1.20.